The Morgan fingerprint density at radius 1 is 1.16 bits per heavy atom. The summed E-state index contributed by atoms with van der Waals surface area (Å²) in [6.45, 7) is 2.32. The van der Waals surface area contributed by atoms with E-state index in [1.165, 1.54) is 9.71 Å². The minimum atomic E-state index is 0.0520. The lowest BCUT2D eigenvalue weighted by atomic mass is 9.99. The molecule has 2 aromatic carbocycles. The van der Waals surface area contributed by atoms with Gasteiger partial charge in [-0.05, 0) is 43.7 Å². The molecule has 128 valence electrons. The van der Waals surface area contributed by atoms with E-state index in [4.69, 9.17) is 4.98 Å². The number of nitrogens with one attached hydrogen (secondary N) is 1. The molecule has 0 bridgehead atoms. The molecule has 0 saturated carbocycles. The van der Waals surface area contributed by atoms with Gasteiger partial charge in [-0.2, -0.15) is 0 Å². The van der Waals surface area contributed by atoms with Crippen LogP contribution in [0, 0.1) is 0 Å². The Morgan fingerprint density at radius 2 is 1.96 bits per heavy atom. The van der Waals surface area contributed by atoms with Crippen LogP contribution in [0.5, 0.6) is 0 Å². The first-order chi connectivity index (χ1) is 12.3. The second-order valence-corrected chi connectivity index (χ2v) is 7.57. The van der Waals surface area contributed by atoms with Gasteiger partial charge in [0.2, 0.25) is 5.91 Å². The first-order valence-electron chi connectivity index (χ1n) is 8.71. The monoisotopic (exact) mass is 351 g/mol. The highest BCUT2D eigenvalue weighted by atomic mass is 32.1. The van der Waals surface area contributed by atoms with E-state index in [2.05, 4.69) is 28.4 Å². The van der Waals surface area contributed by atoms with E-state index >= 15 is 0 Å². The molecule has 25 heavy (non-hydrogen) atoms. The molecule has 5 heteroatoms. The number of rotatable bonds is 4. The van der Waals surface area contributed by atoms with Gasteiger partial charge < -0.3 is 5.32 Å². The highest BCUT2D eigenvalue weighted by molar-refractivity contribution is 7.18. The van der Waals surface area contributed by atoms with Gasteiger partial charge in [0, 0.05) is 18.2 Å². The maximum absolute atomic E-state index is 12.3. The Kier molecular flexibility index (Phi) is 4.76. The van der Waals surface area contributed by atoms with E-state index in [0.717, 1.165) is 37.1 Å². The SMILES string of the molecule is O=C(CN1CCC[C@@H](c2nc3ccccc3s2)C1)Nc1ccccc1. The molecule has 4 rings (SSSR count). The van der Waals surface area contributed by atoms with E-state index in [9.17, 15) is 4.79 Å². The Labute approximate surface area is 151 Å². The fourth-order valence-corrected chi connectivity index (χ4v) is 4.48. The number of carbonyl (C=O) groups excluding carboxylic acids is 1. The lowest BCUT2D eigenvalue weighted by Crippen LogP contribution is -2.39. The minimum absolute atomic E-state index is 0.0520. The number of likely N-dealkylation sites (tertiary alicyclic amines) is 1. The first-order valence-corrected chi connectivity index (χ1v) is 9.52. The molecular formula is C20H21N3OS. The fraction of sp³-hybridized carbons (Fsp3) is 0.300. The zero-order valence-electron chi connectivity index (χ0n) is 14.0. The Morgan fingerprint density at radius 3 is 2.80 bits per heavy atom. The third kappa shape index (κ3) is 3.89. The molecule has 1 saturated heterocycles. The van der Waals surface area contributed by atoms with E-state index in [1.807, 2.05) is 36.4 Å². The summed E-state index contributed by atoms with van der Waals surface area (Å²) in [7, 11) is 0. The number of hydrogen-bond acceptors (Lipinski definition) is 4. The molecule has 1 aliphatic heterocycles. The predicted molar refractivity (Wildman–Crippen MR) is 103 cm³/mol. The smallest absolute Gasteiger partial charge is 0.238 e. The molecule has 1 fully saturated rings. The second kappa shape index (κ2) is 7.33. The van der Waals surface area contributed by atoms with Gasteiger partial charge in [-0.15, -0.1) is 11.3 Å². The van der Waals surface area contributed by atoms with Gasteiger partial charge in [-0.1, -0.05) is 30.3 Å². The maximum atomic E-state index is 12.3. The van der Waals surface area contributed by atoms with Crippen LogP contribution in [0.2, 0.25) is 0 Å². The minimum Gasteiger partial charge on any atom is -0.325 e. The average molecular weight is 351 g/mol. The molecular weight excluding hydrogens is 330 g/mol. The zero-order chi connectivity index (χ0) is 17.1. The number of para-hydroxylation sites is 2. The van der Waals surface area contributed by atoms with Crippen molar-refractivity contribution in [2.45, 2.75) is 18.8 Å². The van der Waals surface area contributed by atoms with Crippen molar-refractivity contribution in [3.63, 3.8) is 0 Å². The molecule has 3 aromatic rings. The van der Waals surface area contributed by atoms with Gasteiger partial charge in [0.05, 0.1) is 21.8 Å². The summed E-state index contributed by atoms with van der Waals surface area (Å²) in [5.74, 6) is 0.479. The van der Waals surface area contributed by atoms with E-state index in [0.29, 0.717) is 12.5 Å². The van der Waals surface area contributed by atoms with Crippen LogP contribution in [0.25, 0.3) is 10.2 Å². The third-order valence-electron chi connectivity index (χ3n) is 4.59. The second-order valence-electron chi connectivity index (χ2n) is 6.51. The summed E-state index contributed by atoms with van der Waals surface area (Å²) < 4.78 is 1.25. The quantitative estimate of drug-likeness (QED) is 0.769. The molecule has 0 unspecified atom stereocenters. The van der Waals surface area contributed by atoms with Crippen molar-refractivity contribution in [1.29, 1.82) is 0 Å². The molecule has 4 nitrogen and oxygen atoms in total. The van der Waals surface area contributed by atoms with Crippen LogP contribution >= 0.6 is 11.3 Å². The molecule has 1 N–H and O–H groups in total. The number of carbonyl (C=O) groups is 1. The van der Waals surface area contributed by atoms with Crippen molar-refractivity contribution in [2.75, 3.05) is 25.0 Å². The number of thiazole rings is 1. The Balaban J connectivity index is 1.39. The van der Waals surface area contributed by atoms with Crippen molar-refractivity contribution in [1.82, 2.24) is 9.88 Å². The third-order valence-corrected chi connectivity index (χ3v) is 5.79. The van der Waals surface area contributed by atoms with Crippen molar-refractivity contribution in [2.24, 2.45) is 0 Å². The summed E-state index contributed by atoms with van der Waals surface area (Å²) in [4.78, 5) is 19.4. The number of benzene rings is 2. The van der Waals surface area contributed by atoms with Gasteiger partial charge in [0.1, 0.15) is 0 Å². The van der Waals surface area contributed by atoms with Crippen molar-refractivity contribution >= 4 is 33.1 Å². The lowest BCUT2D eigenvalue weighted by molar-refractivity contribution is -0.117. The van der Waals surface area contributed by atoms with Crippen LogP contribution in [-0.2, 0) is 4.79 Å². The number of fused-ring (bicyclic) bond motifs is 1. The Hall–Kier alpha value is -2.24. The number of hydrogen-bond donors (Lipinski definition) is 1. The van der Waals surface area contributed by atoms with Crippen molar-refractivity contribution < 1.29 is 4.79 Å². The van der Waals surface area contributed by atoms with Crippen LogP contribution in [0.4, 0.5) is 5.69 Å². The standard InChI is InChI=1S/C20H21N3OS/c24-19(21-16-8-2-1-3-9-16)14-23-12-6-7-15(13-23)20-22-17-10-4-5-11-18(17)25-20/h1-5,8-11,15H,6-7,12-14H2,(H,21,24)/t15-/m1/s1. The van der Waals surface area contributed by atoms with Crippen LogP contribution in [0.15, 0.2) is 54.6 Å². The van der Waals surface area contributed by atoms with Gasteiger partial charge in [-0.25, -0.2) is 4.98 Å². The highest BCUT2D eigenvalue weighted by Gasteiger charge is 2.25. The fourth-order valence-electron chi connectivity index (χ4n) is 3.39. The molecule has 0 spiro atoms. The summed E-state index contributed by atoms with van der Waals surface area (Å²) in [6, 6.07) is 17.9. The Bertz CT molecular complexity index is 829. The van der Waals surface area contributed by atoms with Gasteiger partial charge in [-0.3, -0.25) is 9.69 Å². The number of nitrogens with zero attached hydrogens (tertiary/aromatic N) is 2. The van der Waals surface area contributed by atoms with Gasteiger partial charge in [0.15, 0.2) is 0 Å². The average Bonchev–Trinajstić information content (AvgIpc) is 3.07. The molecule has 2 heterocycles. The summed E-state index contributed by atoms with van der Waals surface area (Å²) in [5.41, 5.74) is 1.94. The largest absolute Gasteiger partial charge is 0.325 e. The number of piperidine rings is 1. The molecule has 1 aliphatic rings. The van der Waals surface area contributed by atoms with Crippen LogP contribution in [0.1, 0.15) is 23.8 Å². The molecule has 1 amide bonds. The van der Waals surface area contributed by atoms with Crippen LogP contribution < -0.4 is 5.32 Å². The number of aromatic nitrogens is 1. The molecule has 0 aliphatic carbocycles. The lowest BCUT2D eigenvalue weighted by Gasteiger charge is -2.31. The first kappa shape index (κ1) is 16.2. The van der Waals surface area contributed by atoms with E-state index in [-0.39, 0.29) is 5.91 Å². The van der Waals surface area contributed by atoms with Gasteiger partial charge in [0.25, 0.3) is 0 Å². The van der Waals surface area contributed by atoms with Crippen molar-refractivity contribution in [3.8, 4) is 0 Å². The number of anilines is 1. The summed E-state index contributed by atoms with van der Waals surface area (Å²) in [5, 5.41) is 4.17. The molecule has 0 radical (unpaired) electrons. The maximum Gasteiger partial charge on any atom is 0.238 e. The summed E-state index contributed by atoms with van der Waals surface area (Å²) >= 11 is 1.79. The number of amides is 1. The molecule has 1 aromatic heterocycles. The van der Waals surface area contributed by atoms with Crippen molar-refractivity contribution in [3.05, 3.63) is 59.6 Å². The van der Waals surface area contributed by atoms with Crippen LogP contribution in [0.3, 0.4) is 0 Å². The van der Waals surface area contributed by atoms with Gasteiger partial charge >= 0.3 is 0 Å². The topological polar surface area (TPSA) is 45.2 Å². The summed E-state index contributed by atoms with van der Waals surface area (Å²) in [6.07, 6.45) is 2.26. The molecule has 1 atom stereocenters. The van der Waals surface area contributed by atoms with E-state index < -0.39 is 0 Å². The zero-order valence-corrected chi connectivity index (χ0v) is 14.8. The predicted octanol–water partition coefficient (Wildman–Crippen LogP) is 4.11. The van der Waals surface area contributed by atoms with Crippen LogP contribution in [-0.4, -0.2) is 35.4 Å². The highest BCUT2D eigenvalue weighted by Crippen LogP contribution is 2.32. The normalized spacial score (nSPS) is 18.3. The van der Waals surface area contributed by atoms with E-state index in [1.54, 1.807) is 11.3 Å².